The molecule has 1 aromatic carbocycles. The number of guanidine groups is 1. The number of nitrogens with one attached hydrogen (secondary N) is 3. The summed E-state index contributed by atoms with van der Waals surface area (Å²) in [6.45, 7) is 4.45. The molecule has 0 saturated carbocycles. The summed E-state index contributed by atoms with van der Waals surface area (Å²) in [5.41, 5.74) is 2.35. The first-order valence-electron chi connectivity index (χ1n) is 11.4. The van der Waals surface area contributed by atoms with Crippen molar-refractivity contribution in [2.45, 2.75) is 33.0 Å². The van der Waals surface area contributed by atoms with Crippen molar-refractivity contribution >= 4 is 23.6 Å². The highest BCUT2D eigenvalue weighted by atomic mass is 19.4. The van der Waals surface area contributed by atoms with Gasteiger partial charge in [-0.15, -0.1) is 0 Å². The third-order valence-corrected chi connectivity index (χ3v) is 5.46. The number of aryl methyl sites for hydroxylation is 1. The number of aliphatic imine (C=N–C) groups is 2. The van der Waals surface area contributed by atoms with Crippen LogP contribution in [0.15, 0.2) is 82.8 Å². The van der Waals surface area contributed by atoms with Crippen molar-refractivity contribution in [3.05, 3.63) is 95.2 Å². The first-order chi connectivity index (χ1) is 17.3. The van der Waals surface area contributed by atoms with E-state index in [4.69, 9.17) is 4.99 Å². The molecule has 0 amide bonds. The second kappa shape index (κ2) is 11.0. The predicted molar refractivity (Wildman–Crippen MR) is 135 cm³/mol. The molecule has 0 bridgehead atoms. The molecular formula is C26H26F3N7. The summed E-state index contributed by atoms with van der Waals surface area (Å²) in [4.78, 5) is 13.4. The monoisotopic (exact) mass is 493 g/mol. The Labute approximate surface area is 207 Å². The van der Waals surface area contributed by atoms with Crippen molar-refractivity contribution in [3.8, 4) is 0 Å². The topological polar surface area (TPSA) is 90.3 Å². The fraction of sp³-hybridized carbons (Fsp3) is 0.231. The number of aromatic nitrogens is 3. The second-order valence-corrected chi connectivity index (χ2v) is 8.42. The summed E-state index contributed by atoms with van der Waals surface area (Å²) in [5, 5.41) is 13.5. The summed E-state index contributed by atoms with van der Waals surface area (Å²) < 4.78 is 39.3. The summed E-state index contributed by atoms with van der Waals surface area (Å²) in [6.07, 6.45) is 5.05. The smallest absolute Gasteiger partial charge is 0.366 e. The molecule has 0 saturated heterocycles. The Hall–Kier alpha value is -4.21. The number of benzene rings is 1. The average molecular weight is 494 g/mol. The van der Waals surface area contributed by atoms with Gasteiger partial charge in [-0.25, -0.2) is 4.99 Å². The predicted octanol–water partition coefficient (Wildman–Crippen LogP) is 5.73. The van der Waals surface area contributed by atoms with E-state index >= 15 is 0 Å². The van der Waals surface area contributed by atoms with E-state index in [1.54, 1.807) is 30.6 Å². The summed E-state index contributed by atoms with van der Waals surface area (Å²) in [7, 11) is 0. The Kier molecular flexibility index (Phi) is 7.62. The van der Waals surface area contributed by atoms with Crippen LogP contribution in [-0.2, 0) is 12.7 Å². The van der Waals surface area contributed by atoms with Gasteiger partial charge in [-0.2, -0.15) is 23.3 Å². The van der Waals surface area contributed by atoms with Crippen molar-refractivity contribution in [2.75, 3.05) is 5.32 Å². The maximum atomic E-state index is 13.1. The van der Waals surface area contributed by atoms with Crippen LogP contribution in [0.4, 0.5) is 19.0 Å². The van der Waals surface area contributed by atoms with Gasteiger partial charge in [-0.05, 0) is 60.9 Å². The van der Waals surface area contributed by atoms with Gasteiger partial charge >= 0.3 is 6.18 Å². The van der Waals surface area contributed by atoms with Gasteiger partial charge in [0, 0.05) is 42.3 Å². The molecular weight excluding hydrogens is 467 g/mol. The molecule has 0 fully saturated rings. The van der Waals surface area contributed by atoms with Crippen LogP contribution < -0.4 is 10.6 Å². The summed E-state index contributed by atoms with van der Waals surface area (Å²) >= 11 is 0. The second-order valence-electron chi connectivity index (χ2n) is 8.42. The molecule has 1 aliphatic rings. The van der Waals surface area contributed by atoms with Gasteiger partial charge in [-0.1, -0.05) is 25.1 Å². The fourth-order valence-corrected chi connectivity index (χ4v) is 3.49. The van der Waals surface area contributed by atoms with Crippen LogP contribution in [0, 0.1) is 12.8 Å². The zero-order valence-corrected chi connectivity index (χ0v) is 19.8. The molecule has 3 heterocycles. The molecule has 0 aliphatic carbocycles. The minimum atomic E-state index is -4.40. The quantitative estimate of drug-likeness (QED) is 0.409. The van der Waals surface area contributed by atoms with Gasteiger partial charge in [0.25, 0.3) is 0 Å². The summed E-state index contributed by atoms with van der Waals surface area (Å²) in [5.74, 6) is 1.50. The van der Waals surface area contributed by atoms with E-state index in [0.29, 0.717) is 41.8 Å². The number of rotatable bonds is 6. The SMILES string of the molecule is Cc1cc(NC2=N/C(NCc3ccncc3)=C/CC(C)C(/C=C/c3cccc(C(F)(F)F)c3)=N2)n[nH]1. The summed E-state index contributed by atoms with van der Waals surface area (Å²) in [6, 6.07) is 10.9. The lowest BCUT2D eigenvalue weighted by atomic mass is 9.99. The Morgan fingerprint density at radius 1 is 1.08 bits per heavy atom. The van der Waals surface area contributed by atoms with E-state index in [9.17, 15) is 13.2 Å². The van der Waals surface area contributed by atoms with Crippen LogP contribution >= 0.6 is 0 Å². The highest BCUT2D eigenvalue weighted by Crippen LogP contribution is 2.29. The van der Waals surface area contributed by atoms with Crippen LogP contribution in [0.1, 0.15) is 35.7 Å². The largest absolute Gasteiger partial charge is 0.416 e. The molecule has 3 N–H and O–H groups in total. The number of halogens is 3. The van der Waals surface area contributed by atoms with Gasteiger partial charge in [0.1, 0.15) is 5.82 Å². The lowest BCUT2D eigenvalue weighted by Crippen LogP contribution is -2.21. The normalized spacial score (nSPS) is 18.0. The molecule has 10 heteroatoms. The molecule has 36 heavy (non-hydrogen) atoms. The van der Waals surface area contributed by atoms with Crippen molar-refractivity contribution < 1.29 is 13.2 Å². The van der Waals surface area contributed by atoms with Crippen molar-refractivity contribution in [3.63, 3.8) is 0 Å². The maximum Gasteiger partial charge on any atom is 0.416 e. The Morgan fingerprint density at radius 3 is 2.61 bits per heavy atom. The minimum Gasteiger partial charge on any atom is -0.366 e. The van der Waals surface area contributed by atoms with E-state index in [0.717, 1.165) is 23.4 Å². The fourth-order valence-electron chi connectivity index (χ4n) is 3.49. The van der Waals surface area contributed by atoms with E-state index < -0.39 is 11.7 Å². The Bertz CT molecular complexity index is 1300. The van der Waals surface area contributed by atoms with Gasteiger partial charge in [-0.3, -0.25) is 10.1 Å². The van der Waals surface area contributed by atoms with Crippen molar-refractivity contribution in [1.82, 2.24) is 20.5 Å². The number of nitrogens with zero attached hydrogens (tertiary/aromatic N) is 4. The van der Waals surface area contributed by atoms with Gasteiger partial charge in [0.05, 0.1) is 5.56 Å². The number of hydrogen-bond acceptors (Lipinski definition) is 6. The number of pyridine rings is 1. The molecule has 1 atom stereocenters. The first kappa shape index (κ1) is 24.9. The number of aromatic amines is 1. The molecule has 0 spiro atoms. The number of allylic oxidation sites excluding steroid dienone is 2. The molecule has 0 radical (unpaired) electrons. The lowest BCUT2D eigenvalue weighted by molar-refractivity contribution is -0.137. The molecule has 2 aromatic heterocycles. The van der Waals surface area contributed by atoms with E-state index in [1.165, 1.54) is 6.07 Å². The van der Waals surface area contributed by atoms with E-state index in [2.05, 4.69) is 30.8 Å². The number of hydrogen-bond donors (Lipinski definition) is 3. The Morgan fingerprint density at radius 2 is 1.89 bits per heavy atom. The highest BCUT2D eigenvalue weighted by molar-refractivity contribution is 6.09. The van der Waals surface area contributed by atoms with Gasteiger partial charge < -0.3 is 10.6 Å². The average Bonchev–Trinajstić information content (AvgIpc) is 3.26. The molecule has 1 unspecified atom stereocenters. The van der Waals surface area contributed by atoms with Crippen LogP contribution in [0.25, 0.3) is 6.08 Å². The minimum absolute atomic E-state index is 0.0157. The standard InChI is InChI=1S/C26H26F3N7/c1-17-6-9-23(31-16-20-10-12-30-13-11-20)33-25(34-24-14-18(2)35-36-24)32-22(17)8-7-19-4-3-5-21(15-19)26(27,28)29/h3-5,7-15,17,31H,6,16H2,1-2H3,(H2,33,34,35,36)/b8-7+,23-9+,32-22?. The van der Waals surface area contributed by atoms with Crippen LogP contribution in [-0.4, -0.2) is 26.9 Å². The number of alkyl halides is 3. The number of H-pyrrole nitrogens is 1. The first-order valence-corrected chi connectivity index (χ1v) is 11.4. The van der Waals surface area contributed by atoms with Gasteiger partial charge in [0.15, 0.2) is 5.82 Å². The molecule has 186 valence electrons. The highest BCUT2D eigenvalue weighted by Gasteiger charge is 2.30. The zero-order chi connectivity index (χ0) is 25.5. The molecule has 1 aliphatic heterocycles. The molecule has 7 nitrogen and oxygen atoms in total. The van der Waals surface area contributed by atoms with Gasteiger partial charge in [0.2, 0.25) is 5.96 Å². The lowest BCUT2D eigenvalue weighted by Gasteiger charge is -2.16. The van der Waals surface area contributed by atoms with E-state index in [-0.39, 0.29) is 5.92 Å². The maximum absolute atomic E-state index is 13.1. The van der Waals surface area contributed by atoms with E-state index in [1.807, 2.05) is 38.1 Å². The van der Waals surface area contributed by atoms with Crippen molar-refractivity contribution in [1.29, 1.82) is 0 Å². The van der Waals surface area contributed by atoms with Crippen LogP contribution in [0.5, 0.6) is 0 Å². The third-order valence-electron chi connectivity index (χ3n) is 5.46. The Balaban J connectivity index is 1.61. The van der Waals surface area contributed by atoms with Crippen LogP contribution in [0.3, 0.4) is 0 Å². The molecule has 3 aromatic rings. The zero-order valence-electron chi connectivity index (χ0n) is 19.8. The molecule has 4 rings (SSSR count). The van der Waals surface area contributed by atoms with Crippen LogP contribution in [0.2, 0.25) is 0 Å². The third kappa shape index (κ3) is 6.91. The number of anilines is 1. The van der Waals surface area contributed by atoms with Crippen molar-refractivity contribution in [2.24, 2.45) is 15.9 Å².